The van der Waals surface area contributed by atoms with Crippen molar-refractivity contribution in [1.29, 1.82) is 0 Å². The van der Waals surface area contributed by atoms with E-state index in [1.165, 1.54) is 12.4 Å². The number of fused-ring (bicyclic) bond motifs is 1. The molecule has 1 atom stereocenters. The van der Waals surface area contributed by atoms with Crippen LogP contribution in [0.4, 0.5) is 16.0 Å². The molecule has 0 aliphatic rings. The lowest BCUT2D eigenvalue weighted by molar-refractivity contribution is 0.600. The maximum absolute atomic E-state index is 14.8. The van der Waals surface area contributed by atoms with Crippen LogP contribution >= 0.6 is 11.6 Å². The lowest BCUT2D eigenvalue weighted by atomic mass is 10.1. The number of hydrogen-bond donors (Lipinski definition) is 1. The average Bonchev–Trinajstić information content (AvgIpc) is 3.05. The van der Waals surface area contributed by atoms with E-state index >= 15 is 0 Å². The molecule has 30 heavy (non-hydrogen) atoms. The molecule has 0 radical (unpaired) electrons. The Kier molecular flexibility index (Phi) is 5.34. The van der Waals surface area contributed by atoms with Crippen LogP contribution in [-0.2, 0) is 0 Å². The summed E-state index contributed by atoms with van der Waals surface area (Å²) in [5.74, 6) is 1.44. The van der Waals surface area contributed by atoms with E-state index < -0.39 is 0 Å². The van der Waals surface area contributed by atoms with E-state index in [4.69, 9.17) is 11.6 Å². The summed E-state index contributed by atoms with van der Waals surface area (Å²) < 4.78 is 16.8. The van der Waals surface area contributed by atoms with Gasteiger partial charge in [0.15, 0.2) is 5.82 Å². The highest BCUT2D eigenvalue weighted by atomic mass is 35.5. The van der Waals surface area contributed by atoms with Crippen molar-refractivity contribution in [1.82, 2.24) is 29.5 Å². The van der Waals surface area contributed by atoms with Crippen molar-refractivity contribution in [3.8, 4) is 11.3 Å². The molecule has 0 aliphatic heterocycles. The molecule has 0 amide bonds. The van der Waals surface area contributed by atoms with Gasteiger partial charge in [0, 0.05) is 17.7 Å². The van der Waals surface area contributed by atoms with Crippen LogP contribution in [0.25, 0.3) is 22.3 Å². The highest BCUT2D eigenvalue weighted by Crippen LogP contribution is 2.29. The van der Waals surface area contributed by atoms with Gasteiger partial charge >= 0.3 is 0 Å². The second-order valence-corrected chi connectivity index (χ2v) is 7.96. The number of imidazole rings is 1. The highest BCUT2D eigenvalue weighted by Gasteiger charge is 2.16. The Labute approximate surface area is 178 Å². The Morgan fingerprint density at radius 1 is 1.00 bits per heavy atom. The molecule has 4 aromatic rings. The first-order valence-corrected chi connectivity index (χ1v) is 10.0. The van der Waals surface area contributed by atoms with E-state index in [9.17, 15) is 4.39 Å². The van der Waals surface area contributed by atoms with Crippen LogP contribution in [0.1, 0.15) is 43.7 Å². The van der Waals surface area contributed by atoms with Crippen molar-refractivity contribution in [2.45, 2.75) is 39.1 Å². The van der Waals surface area contributed by atoms with E-state index in [2.05, 4.69) is 30.2 Å². The SMILES string of the molecule is Cc1nc2c(F)cc(-c3cc(Nc4cnc(C(C)Cl)cn4)ncn3)cc2n1C(C)C. The number of rotatable bonds is 5. The normalized spacial score (nSPS) is 12.5. The molecule has 0 spiro atoms. The van der Waals surface area contributed by atoms with Crippen LogP contribution in [0.5, 0.6) is 0 Å². The Morgan fingerprint density at radius 2 is 1.80 bits per heavy atom. The molecule has 0 fully saturated rings. The van der Waals surface area contributed by atoms with Gasteiger partial charge < -0.3 is 9.88 Å². The fourth-order valence-electron chi connectivity index (χ4n) is 3.39. The largest absolute Gasteiger partial charge is 0.326 e. The maximum atomic E-state index is 14.8. The van der Waals surface area contributed by atoms with Crippen molar-refractivity contribution < 1.29 is 4.39 Å². The number of aromatic nitrogens is 6. The summed E-state index contributed by atoms with van der Waals surface area (Å²) in [4.78, 5) is 21.5. The molecule has 0 saturated carbocycles. The topological polar surface area (TPSA) is 81.4 Å². The minimum absolute atomic E-state index is 0.157. The summed E-state index contributed by atoms with van der Waals surface area (Å²) in [5, 5.41) is 2.87. The average molecular weight is 426 g/mol. The van der Waals surface area contributed by atoms with E-state index in [0.29, 0.717) is 34.1 Å². The van der Waals surface area contributed by atoms with Gasteiger partial charge in [0.2, 0.25) is 0 Å². The molecule has 7 nitrogen and oxygen atoms in total. The van der Waals surface area contributed by atoms with Crippen LogP contribution in [-0.4, -0.2) is 29.5 Å². The third-order valence-corrected chi connectivity index (χ3v) is 4.96. The van der Waals surface area contributed by atoms with Crippen molar-refractivity contribution in [2.75, 3.05) is 5.32 Å². The summed E-state index contributed by atoms with van der Waals surface area (Å²) >= 11 is 6.01. The first-order chi connectivity index (χ1) is 14.3. The van der Waals surface area contributed by atoms with E-state index in [-0.39, 0.29) is 17.2 Å². The van der Waals surface area contributed by atoms with Crippen molar-refractivity contribution in [3.05, 3.63) is 54.3 Å². The minimum Gasteiger partial charge on any atom is -0.326 e. The molecule has 154 valence electrons. The second kappa shape index (κ2) is 7.95. The zero-order valence-electron chi connectivity index (χ0n) is 17.1. The molecule has 3 heterocycles. The number of alkyl halides is 1. The van der Waals surface area contributed by atoms with Gasteiger partial charge in [-0.05, 0) is 39.8 Å². The zero-order chi connectivity index (χ0) is 21.4. The van der Waals surface area contributed by atoms with E-state index in [0.717, 1.165) is 11.3 Å². The van der Waals surface area contributed by atoms with Gasteiger partial charge in [-0.1, -0.05) is 0 Å². The molecule has 3 aromatic heterocycles. The van der Waals surface area contributed by atoms with Crippen LogP contribution in [0, 0.1) is 12.7 Å². The predicted octanol–water partition coefficient (Wildman–Crippen LogP) is 5.36. The molecule has 0 aliphatic carbocycles. The standard InChI is InChI=1S/C21H21ClFN7/c1-11(2)30-13(4)28-21-15(23)5-14(6-18(21)30)16-7-19(27-10-26-16)29-20-9-24-17(8-25-20)12(3)22/h5-12H,1-4H3,(H,25,26,27,29). The lowest BCUT2D eigenvalue weighted by Crippen LogP contribution is -2.03. The molecular formula is C21H21ClFN7. The number of nitrogens with zero attached hydrogens (tertiary/aromatic N) is 6. The summed E-state index contributed by atoms with van der Waals surface area (Å²) in [5.41, 5.74) is 3.01. The number of benzene rings is 1. The molecular weight excluding hydrogens is 405 g/mol. The monoisotopic (exact) mass is 425 g/mol. The van der Waals surface area contributed by atoms with Gasteiger partial charge in [0.25, 0.3) is 0 Å². The summed E-state index contributed by atoms with van der Waals surface area (Å²) in [6.07, 6.45) is 4.62. The third-order valence-electron chi connectivity index (χ3n) is 4.74. The van der Waals surface area contributed by atoms with E-state index in [1.54, 1.807) is 18.5 Å². The van der Waals surface area contributed by atoms with Gasteiger partial charge in [-0.25, -0.2) is 24.3 Å². The fraction of sp³-hybridized carbons (Fsp3) is 0.286. The van der Waals surface area contributed by atoms with Gasteiger partial charge in [-0.15, -0.1) is 11.6 Å². The van der Waals surface area contributed by atoms with Crippen LogP contribution in [0.15, 0.2) is 36.9 Å². The Balaban J connectivity index is 1.69. The summed E-state index contributed by atoms with van der Waals surface area (Å²) in [6.45, 7) is 7.80. The van der Waals surface area contributed by atoms with Gasteiger partial charge in [0.05, 0.1) is 34.7 Å². The second-order valence-electron chi connectivity index (χ2n) is 7.30. The first kappa shape index (κ1) is 20.2. The molecule has 1 N–H and O–H groups in total. The number of nitrogens with one attached hydrogen (secondary N) is 1. The molecule has 9 heteroatoms. The fourth-order valence-corrected chi connectivity index (χ4v) is 3.50. The zero-order valence-corrected chi connectivity index (χ0v) is 17.8. The predicted molar refractivity (Wildman–Crippen MR) is 115 cm³/mol. The maximum Gasteiger partial charge on any atom is 0.151 e. The molecule has 1 unspecified atom stereocenters. The van der Waals surface area contributed by atoms with Crippen LogP contribution < -0.4 is 5.32 Å². The first-order valence-electron chi connectivity index (χ1n) is 9.57. The summed E-state index contributed by atoms with van der Waals surface area (Å²) in [7, 11) is 0. The van der Waals surface area contributed by atoms with Gasteiger partial charge in [0.1, 0.15) is 29.3 Å². The quantitative estimate of drug-likeness (QED) is 0.434. The smallest absolute Gasteiger partial charge is 0.151 e. The Bertz CT molecular complexity index is 1200. The van der Waals surface area contributed by atoms with Crippen molar-refractivity contribution in [3.63, 3.8) is 0 Å². The molecule has 1 aromatic carbocycles. The molecule has 0 bridgehead atoms. The Morgan fingerprint density at radius 3 is 2.47 bits per heavy atom. The third kappa shape index (κ3) is 3.82. The number of aryl methyl sites for hydroxylation is 1. The number of halogens is 2. The van der Waals surface area contributed by atoms with Crippen LogP contribution in [0.3, 0.4) is 0 Å². The van der Waals surface area contributed by atoms with Gasteiger partial charge in [-0.3, -0.25) is 4.98 Å². The highest BCUT2D eigenvalue weighted by molar-refractivity contribution is 6.20. The van der Waals surface area contributed by atoms with Crippen molar-refractivity contribution in [2.24, 2.45) is 0 Å². The van der Waals surface area contributed by atoms with Crippen molar-refractivity contribution >= 4 is 34.3 Å². The van der Waals surface area contributed by atoms with Gasteiger partial charge in [-0.2, -0.15) is 0 Å². The Hall–Kier alpha value is -3.13. The summed E-state index contributed by atoms with van der Waals surface area (Å²) in [6, 6.07) is 5.25. The number of anilines is 2. The minimum atomic E-state index is -0.380. The lowest BCUT2D eigenvalue weighted by Gasteiger charge is -2.12. The molecule has 4 rings (SSSR count). The van der Waals surface area contributed by atoms with Crippen LogP contribution in [0.2, 0.25) is 0 Å². The molecule has 0 saturated heterocycles. The number of hydrogen-bond acceptors (Lipinski definition) is 6. The van der Waals surface area contributed by atoms with E-state index in [1.807, 2.05) is 38.3 Å².